The smallest absolute Gasteiger partial charge is 0.373 e. The van der Waals surface area contributed by atoms with Gasteiger partial charge in [0.25, 0.3) is 10.1 Å². The first kappa shape index (κ1) is 30.1. The Morgan fingerprint density at radius 3 is 2.38 bits per heavy atom. The molecule has 0 radical (unpaired) electrons. The van der Waals surface area contributed by atoms with Crippen molar-refractivity contribution in [3.05, 3.63) is 77.0 Å². The molecule has 2 aliphatic rings. The van der Waals surface area contributed by atoms with E-state index in [1.165, 1.54) is 17.7 Å². The Morgan fingerprint density at radius 1 is 1.05 bits per heavy atom. The van der Waals surface area contributed by atoms with E-state index in [2.05, 4.69) is 20.5 Å². The van der Waals surface area contributed by atoms with Crippen LogP contribution in [-0.4, -0.2) is 63.5 Å². The molecule has 0 atom stereocenters. The Balaban J connectivity index is 1.47. The molecular formula is C29H34F3N3O3S2. The highest BCUT2D eigenvalue weighted by atomic mass is 32.2. The third-order valence-corrected chi connectivity index (χ3v) is 8.47. The monoisotopic (exact) mass is 593 g/mol. The third-order valence-electron chi connectivity index (χ3n) is 6.97. The van der Waals surface area contributed by atoms with Crippen LogP contribution in [0.5, 0.6) is 0 Å². The van der Waals surface area contributed by atoms with Crippen molar-refractivity contribution in [3.63, 3.8) is 0 Å². The maximum Gasteiger partial charge on any atom is 0.413 e. The van der Waals surface area contributed by atoms with Crippen molar-refractivity contribution >= 4 is 44.8 Å². The fourth-order valence-electron chi connectivity index (χ4n) is 4.91. The van der Waals surface area contributed by atoms with E-state index < -0.39 is 28.7 Å². The molecule has 6 nitrogen and oxygen atoms in total. The normalized spacial score (nSPS) is 17.4. The fraction of sp³-hybridized carbons (Fsp3) is 0.414. The number of likely N-dealkylation sites (tertiary alicyclic amines) is 1. The van der Waals surface area contributed by atoms with E-state index in [1.54, 1.807) is 11.9 Å². The van der Waals surface area contributed by atoms with Crippen LogP contribution in [0.3, 0.4) is 0 Å². The van der Waals surface area contributed by atoms with E-state index in [0.29, 0.717) is 0 Å². The van der Waals surface area contributed by atoms with Gasteiger partial charge in [-0.25, -0.2) is 0 Å². The van der Waals surface area contributed by atoms with Crippen molar-refractivity contribution in [3.8, 4) is 0 Å². The third kappa shape index (κ3) is 8.55. The summed E-state index contributed by atoms with van der Waals surface area (Å²) >= 11 is 5.86. The van der Waals surface area contributed by atoms with Crippen molar-refractivity contribution in [2.24, 2.45) is 0 Å². The van der Waals surface area contributed by atoms with Gasteiger partial charge in [0.05, 0.1) is 5.75 Å². The van der Waals surface area contributed by atoms with Crippen LogP contribution in [-0.2, 0) is 14.3 Å². The molecule has 0 amide bonds. The number of nitrogens with zero attached hydrogens (tertiary/aromatic N) is 2. The van der Waals surface area contributed by atoms with Gasteiger partial charge < -0.3 is 15.1 Å². The quantitative estimate of drug-likeness (QED) is 0.253. The summed E-state index contributed by atoms with van der Waals surface area (Å²) in [5.41, 5.74) is 6.35. The zero-order valence-electron chi connectivity index (χ0n) is 22.4. The van der Waals surface area contributed by atoms with Crippen LogP contribution in [0.15, 0.2) is 71.4 Å². The second kappa shape index (κ2) is 13.2. The summed E-state index contributed by atoms with van der Waals surface area (Å²) in [6.07, 6.45) is 2.77. The van der Waals surface area contributed by atoms with Crippen LogP contribution in [0.1, 0.15) is 37.7 Å². The van der Waals surface area contributed by atoms with Crippen LogP contribution in [0.25, 0.3) is 6.08 Å². The fourth-order valence-corrected chi connectivity index (χ4v) is 6.16. The van der Waals surface area contributed by atoms with Crippen LogP contribution in [0, 0.1) is 0 Å². The number of allylic oxidation sites excluding steroid dienone is 1. The predicted octanol–water partition coefficient (Wildman–Crippen LogP) is 6.39. The first-order chi connectivity index (χ1) is 19.0. The number of nitrogens with one attached hydrogen (secondary N) is 1. The molecule has 2 aromatic carbocycles. The number of para-hydroxylation sites is 1. The van der Waals surface area contributed by atoms with Gasteiger partial charge in [0, 0.05) is 49.3 Å². The van der Waals surface area contributed by atoms with E-state index in [0.717, 1.165) is 66.3 Å². The Bertz CT molecular complexity index is 1340. The first-order valence-electron chi connectivity index (χ1n) is 13.3. The molecule has 0 spiro atoms. The lowest BCUT2D eigenvalue weighted by Gasteiger charge is -2.32. The largest absolute Gasteiger partial charge is 0.413 e. The maximum absolute atomic E-state index is 12.3. The molecule has 1 heterocycles. The minimum absolute atomic E-state index is 0.00229. The van der Waals surface area contributed by atoms with Crippen molar-refractivity contribution in [1.82, 2.24) is 4.90 Å². The van der Waals surface area contributed by atoms with E-state index in [4.69, 9.17) is 12.2 Å². The highest BCUT2D eigenvalue weighted by molar-refractivity contribution is 7.86. The van der Waals surface area contributed by atoms with Crippen LogP contribution in [0.2, 0.25) is 0 Å². The molecule has 1 N–H and O–H groups in total. The molecule has 1 aliphatic heterocycles. The van der Waals surface area contributed by atoms with Gasteiger partial charge in [-0.05, 0) is 73.6 Å². The SMILES string of the molecule is CN(CCS(=O)(=O)OCC(F)(F)F)c1ccc(C=C2CCC(C(=S)Nc3ccccc3)=C2N2CCCCC2)cc1. The Morgan fingerprint density at radius 2 is 1.73 bits per heavy atom. The number of piperidine rings is 1. The number of alkyl halides is 3. The summed E-state index contributed by atoms with van der Waals surface area (Å²) in [4.78, 5) is 4.88. The number of thiocarbonyl (C=S) groups is 1. The molecule has 216 valence electrons. The van der Waals surface area contributed by atoms with Crippen LogP contribution < -0.4 is 10.2 Å². The Hall–Kier alpha value is -2.89. The number of hydrogen-bond acceptors (Lipinski definition) is 6. The van der Waals surface area contributed by atoms with Gasteiger partial charge in [-0.1, -0.05) is 42.5 Å². The Labute approximate surface area is 239 Å². The van der Waals surface area contributed by atoms with Crippen molar-refractivity contribution < 1.29 is 25.8 Å². The predicted molar refractivity (Wildman–Crippen MR) is 158 cm³/mol. The van der Waals surface area contributed by atoms with Gasteiger partial charge in [-0.3, -0.25) is 4.18 Å². The van der Waals surface area contributed by atoms with Gasteiger partial charge in [-0.15, -0.1) is 0 Å². The van der Waals surface area contributed by atoms with E-state index in [9.17, 15) is 21.6 Å². The van der Waals surface area contributed by atoms with Crippen LogP contribution in [0.4, 0.5) is 24.5 Å². The maximum atomic E-state index is 12.3. The minimum Gasteiger partial charge on any atom is -0.373 e. The molecule has 1 aliphatic carbocycles. The molecule has 1 fully saturated rings. The standard InChI is InChI=1S/C29H34F3N3O3S2/c1-34(18-19-40(36,37)38-21-29(30,31)32)25-13-10-22(11-14-25)20-23-12-15-26(27(23)35-16-6-3-7-17-35)28(39)33-24-8-4-2-5-9-24/h2,4-5,8-11,13-14,20H,3,6-7,12,15-19,21H2,1H3,(H,33,39). The van der Waals surface area contributed by atoms with Gasteiger partial charge in [-0.2, -0.15) is 21.6 Å². The van der Waals surface area contributed by atoms with Gasteiger partial charge in [0.2, 0.25) is 0 Å². The number of anilines is 2. The molecule has 0 aromatic heterocycles. The molecular weight excluding hydrogens is 559 g/mol. The summed E-state index contributed by atoms with van der Waals surface area (Å²) in [5.74, 6) is -0.547. The molecule has 2 aromatic rings. The molecule has 0 saturated carbocycles. The molecule has 1 saturated heterocycles. The molecule has 4 rings (SSSR count). The van der Waals surface area contributed by atoms with Crippen molar-refractivity contribution in [2.75, 3.05) is 49.3 Å². The number of hydrogen-bond donors (Lipinski definition) is 1. The summed E-state index contributed by atoms with van der Waals surface area (Å²) < 4.78 is 64.6. The highest BCUT2D eigenvalue weighted by Gasteiger charge is 2.31. The zero-order chi connectivity index (χ0) is 28.8. The topological polar surface area (TPSA) is 61.9 Å². The molecule has 0 bridgehead atoms. The summed E-state index contributed by atoms with van der Waals surface area (Å²) in [6.45, 7) is 0.190. The average molecular weight is 594 g/mol. The Kier molecular flexibility index (Phi) is 9.91. The van der Waals surface area contributed by atoms with E-state index in [-0.39, 0.29) is 6.54 Å². The lowest BCUT2D eigenvalue weighted by molar-refractivity contribution is -0.152. The first-order valence-corrected chi connectivity index (χ1v) is 15.3. The average Bonchev–Trinajstić information content (AvgIpc) is 3.35. The summed E-state index contributed by atoms with van der Waals surface area (Å²) in [7, 11) is -2.60. The lowest BCUT2D eigenvalue weighted by Crippen LogP contribution is -2.31. The molecule has 0 unspecified atom stereocenters. The zero-order valence-corrected chi connectivity index (χ0v) is 24.0. The summed E-state index contributed by atoms with van der Waals surface area (Å²) in [6, 6.07) is 17.6. The van der Waals surface area contributed by atoms with Gasteiger partial charge >= 0.3 is 6.18 Å². The summed E-state index contributed by atoms with van der Waals surface area (Å²) in [5, 5.41) is 3.40. The van der Waals surface area contributed by atoms with E-state index >= 15 is 0 Å². The number of benzene rings is 2. The second-order valence-corrected chi connectivity index (χ2v) is 12.2. The molecule has 11 heteroatoms. The molecule has 40 heavy (non-hydrogen) atoms. The second-order valence-electron chi connectivity index (χ2n) is 10.0. The number of halogens is 3. The van der Waals surface area contributed by atoms with E-state index in [1.807, 2.05) is 54.6 Å². The van der Waals surface area contributed by atoms with Crippen molar-refractivity contribution in [1.29, 1.82) is 0 Å². The van der Waals surface area contributed by atoms with Crippen molar-refractivity contribution in [2.45, 2.75) is 38.3 Å². The minimum atomic E-state index is -4.70. The van der Waals surface area contributed by atoms with Gasteiger partial charge in [0.15, 0.2) is 6.61 Å². The lowest BCUT2D eigenvalue weighted by atomic mass is 10.0. The van der Waals surface area contributed by atoms with Crippen LogP contribution >= 0.6 is 12.2 Å². The highest BCUT2D eigenvalue weighted by Crippen LogP contribution is 2.37. The van der Waals surface area contributed by atoms with Gasteiger partial charge in [0.1, 0.15) is 4.99 Å². The number of rotatable bonds is 10.